The maximum Gasteiger partial charge on any atom is 0.293 e. The minimum absolute atomic E-state index is 0.101. The highest BCUT2D eigenvalue weighted by molar-refractivity contribution is 7.89. The third-order valence-corrected chi connectivity index (χ3v) is 5.28. The Balaban J connectivity index is 2.40. The van der Waals surface area contributed by atoms with E-state index in [0.717, 1.165) is 6.07 Å². The SMILES string of the molecule is CC(C)NS(=O)(=O)c1ccc(N(C)Cc2ccccc2F)c([N+](=O)[O-])c1. The van der Waals surface area contributed by atoms with Gasteiger partial charge in [0.25, 0.3) is 5.69 Å². The summed E-state index contributed by atoms with van der Waals surface area (Å²) in [4.78, 5) is 12.1. The van der Waals surface area contributed by atoms with E-state index in [4.69, 9.17) is 0 Å². The number of anilines is 1. The van der Waals surface area contributed by atoms with Crippen LogP contribution in [-0.4, -0.2) is 26.4 Å². The Morgan fingerprint density at radius 2 is 1.88 bits per heavy atom. The van der Waals surface area contributed by atoms with Crippen molar-refractivity contribution in [2.75, 3.05) is 11.9 Å². The molecular formula is C17H20FN3O4S. The number of hydrogen-bond donors (Lipinski definition) is 1. The van der Waals surface area contributed by atoms with E-state index in [0.29, 0.717) is 5.56 Å². The Labute approximate surface area is 151 Å². The molecule has 1 N–H and O–H groups in total. The predicted octanol–water partition coefficient (Wildman–Crippen LogP) is 3.06. The minimum atomic E-state index is -3.86. The average molecular weight is 381 g/mol. The first-order valence-corrected chi connectivity index (χ1v) is 9.35. The van der Waals surface area contributed by atoms with Crippen LogP contribution in [0.25, 0.3) is 0 Å². The maximum absolute atomic E-state index is 13.8. The van der Waals surface area contributed by atoms with E-state index in [2.05, 4.69) is 4.72 Å². The predicted molar refractivity (Wildman–Crippen MR) is 97.1 cm³/mol. The number of nitrogens with zero attached hydrogens (tertiary/aromatic N) is 2. The Hall–Kier alpha value is -2.52. The van der Waals surface area contributed by atoms with Gasteiger partial charge in [0, 0.05) is 31.3 Å². The minimum Gasteiger partial charge on any atom is -0.365 e. The van der Waals surface area contributed by atoms with Crippen molar-refractivity contribution in [3.63, 3.8) is 0 Å². The summed E-state index contributed by atoms with van der Waals surface area (Å²) in [6, 6.07) is 9.45. The average Bonchev–Trinajstić information content (AvgIpc) is 2.55. The fourth-order valence-corrected chi connectivity index (χ4v) is 3.76. The standard InChI is InChI=1S/C17H20FN3O4S/c1-12(2)19-26(24,25)14-8-9-16(17(10-14)21(22)23)20(3)11-13-6-4-5-7-15(13)18/h4-10,12,19H,11H2,1-3H3. The van der Waals surface area contributed by atoms with Crippen LogP contribution in [0.1, 0.15) is 19.4 Å². The zero-order valence-electron chi connectivity index (χ0n) is 14.6. The van der Waals surface area contributed by atoms with Gasteiger partial charge in [0.2, 0.25) is 10.0 Å². The van der Waals surface area contributed by atoms with Gasteiger partial charge in [-0.25, -0.2) is 17.5 Å². The molecule has 0 aliphatic carbocycles. The third kappa shape index (κ3) is 4.55. The summed E-state index contributed by atoms with van der Waals surface area (Å²) in [6.45, 7) is 3.41. The van der Waals surface area contributed by atoms with Crippen LogP contribution in [0.3, 0.4) is 0 Å². The first-order chi connectivity index (χ1) is 12.1. The van der Waals surface area contributed by atoms with Crippen LogP contribution < -0.4 is 9.62 Å². The molecule has 7 nitrogen and oxygen atoms in total. The number of halogens is 1. The zero-order chi connectivity index (χ0) is 19.5. The smallest absolute Gasteiger partial charge is 0.293 e. The second-order valence-corrected chi connectivity index (χ2v) is 7.85. The van der Waals surface area contributed by atoms with Crippen LogP contribution in [0.5, 0.6) is 0 Å². The fraction of sp³-hybridized carbons (Fsp3) is 0.294. The van der Waals surface area contributed by atoms with Crippen molar-refractivity contribution in [1.29, 1.82) is 0 Å². The quantitative estimate of drug-likeness (QED) is 0.588. The summed E-state index contributed by atoms with van der Waals surface area (Å²) in [6.07, 6.45) is 0. The molecule has 0 saturated carbocycles. The van der Waals surface area contributed by atoms with Crippen LogP contribution in [-0.2, 0) is 16.6 Å². The normalized spacial score (nSPS) is 11.6. The second kappa shape index (κ2) is 7.79. The van der Waals surface area contributed by atoms with Crippen LogP contribution in [0.4, 0.5) is 15.8 Å². The van der Waals surface area contributed by atoms with Crippen LogP contribution in [0, 0.1) is 15.9 Å². The lowest BCUT2D eigenvalue weighted by molar-refractivity contribution is -0.384. The molecule has 0 spiro atoms. The van der Waals surface area contributed by atoms with Crippen molar-refractivity contribution in [3.8, 4) is 0 Å². The van der Waals surface area contributed by atoms with Gasteiger partial charge in [-0.1, -0.05) is 18.2 Å². The van der Waals surface area contributed by atoms with Crippen molar-refractivity contribution < 1.29 is 17.7 Å². The van der Waals surface area contributed by atoms with E-state index in [-0.39, 0.29) is 28.9 Å². The van der Waals surface area contributed by atoms with Crippen molar-refractivity contribution in [1.82, 2.24) is 4.72 Å². The Bertz CT molecular complexity index is 916. The molecule has 0 aliphatic heterocycles. The van der Waals surface area contributed by atoms with Gasteiger partial charge in [0.15, 0.2) is 0 Å². The molecule has 2 rings (SSSR count). The molecule has 26 heavy (non-hydrogen) atoms. The van der Waals surface area contributed by atoms with Gasteiger partial charge in [0.05, 0.1) is 9.82 Å². The van der Waals surface area contributed by atoms with Crippen LogP contribution >= 0.6 is 0 Å². The maximum atomic E-state index is 13.8. The molecule has 0 saturated heterocycles. The Morgan fingerprint density at radius 3 is 2.46 bits per heavy atom. The van der Waals surface area contributed by atoms with Crippen molar-refractivity contribution >= 4 is 21.4 Å². The Morgan fingerprint density at radius 1 is 1.23 bits per heavy atom. The fourth-order valence-electron chi connectivity index (χ4n) is 2.49. The molecular weight excluding hydrogens is 361 g/mol. The van der Waals surface area contributed by atoms with E-state index in [9.17, 15) is 22.9 Å². The number of nitro benzene ring substituents is 1. The number of hydrogen-bond acceptors (Lipinski definition) is 5. The molecule has 0 unspecified atom stereocenters. The molecule has 0 atom stereocenters. The van der Waals surface area contributed by atoms with E-state index in [1.165, 1.54) is 23.1 Å². The van der Waals surface area contributed by atoms with Crippen molar-refractivity contribution in [3.05, 3.63) is 64.0 Å². The van der Waals surface area contributed by atoms with Gasteiger partial charge < -0.3 is 4.90 Å². The third-order valence-electron chi connectivity index (χ3n) is 3.62. The molecule has 0 heterocycles. The Kier molecular flexibility index (Phi) is 5.94. The molecule has 0 bridgehead atoms. The van der Waals surface area contributed by atoms with Gasteiger partial charge in [-0.05, 0) is 32.0 Å². The van der Waals surface area contributed by atoms with Gasteiger partial charge >= 0.3 is 0 Å². The highest BCUT2D eigenvalue weighted by Gasteiger charge is 2.24. The molecule has 0 amide bonds. The lowest BCUT2D eigenvalue weighted by Gasteiger charge is -2.20. The van der Waals surface area contributed by atoms with E-state index >= 15 is 0 Å². The first-order valence-electron chi connectivity index (χ1n) is 7.87. The molecule has 0 fully saturated rings. The van der Waals surface area contributed by atoms with Crippen LogP contribution in [0.15, 0.2) is 47.4 Å². The van der Waals surface area contributed by atoms with Gasteiger partial charge in [-0.2, -0.15) is 0 Å². The largest absolute Gasteiger partial charge is 0.365 e. The van der Waals surface area contributed by atoms with Gasteiger partial charge in [0.1, 0.15) is 11.5 Å². The number of nitrogens with one attached hydrogen (secondary N) is 1. The first kappa shape index (κ1) is 19.8. The van der Waals surface area contributed by atoms with Crippen molar-refractivity contribution in [2.45, 2.75) is 31.3 Å². The molecule has 0 aromatic heterocycles. The summed E-state index contributed by atoms with van der Waals surface area (Å²) in [5.41, 5.74) is 0.208. The highest BCUT2D eigenvalue weighted by Crippen LogP contribution is 2.31. The summed E-state index contributed by atoms with van der Waals surface area (Å²) in [5.74, 6) is -0.415. The molecule has 9 heteroatoms. The van der Waals surface area contributed by atoms with Gasteiger partial charge in [-0.15, -0.1) is 0 Å². The summed E-state index contributed by atoms with van der Waals surface area (Å²) < 4.78 is 40.7. The van der Waals surface area contributed by atoms with Crippen molar-refractivity contribution in [2.24, 2.45) is 0 Å². The topological polar surface area (TPSA) is 92.6 Å². The monoisotopic (exact) mass is 381 g/mol. The molecule has 2 aromatic carbocycles. The molecule has 0 aliphatic rings. The van der Waals surface area contributed by atoms with E-state index in [1.54, 1.807) is 39.1 Å². The number of nitro groups is 1. The number of benzene rings is 2. The summed E-state index contributed by atoms with van der Waals surface area (Å²) >= 11 is 0. The number of rotatable bonds is 7. The number of sulfonamides is 1. The zero-order valence-corrected chi connectivity index (χ0v) is 15.5. The van der Waals surface area contributed by atoms with Gasteiger partial charge in [-0.3, -0.25) is 10.1 Å². The summed E-state index contributed by atoms with van der Waals surface area (Å²) in [7, 11) is -2.28. The van der Waals surface area contributed by atoms with E-state index < -0.39 is 20.8 Å². The van der Waals surface area contributed by atoms with Crippen LogP contribution in [0.2, 0.25) is 0 Å². The molecule has 2 aromatic rings. The lowest BCUT2D eigenvalue weighted by Crippen LogP contribution is -2.30. The second-order valence-electron chi connectivity index (χ2n) is 6.13. The van der Waals surface area contributed by atoms with E-state index in [1.807, 2.05) is 0 Å². The summed E-state index contributed by atoms with van der Waals surface area (Å²) in [5, 5.41) is 11.4. The molecule has 0 radical (unpaired) electrons. The lowest BCUT2D eigenvalue weighted by atomic mass is 10.2. The highest BCUT2D eigenvalue weighted by atomic mass is 32.2. The molecule has 140 valence electrons.